The van der Waals surface area contributed by atoms with Crippen LogP contribution >= 0.6 is 0 Å². The van der Waals surface area contributed by atoms with Crippen molar-refractivity contribution in [2.45, 2.75) is 441 Å². The molecule has 12 unspecified atom stereocenters. The molecule has 2 saturated heterocycles. The van der Waals surface area contributed by atoms with Crippen LogP contribution in [-0.4, -0.2) is 140 Å². The summed E-state index contributed by atoms with van der Waals surface area (Å²) in [5.41, 5.74) is 0. The summed E-state index contributed by atoms with van der Waals surface area (Å²) in [6.45, 7) is 2.93. The smallest absolute Gasteiger partial charge is 0.220 e. The van der Waals surface area contributed by atoms with E-state index in [1.54, 1.807) is 0 Å². The van der Waals surface area contributed by atoms with Crippen LogP contribution in [0.2, 0.25) is 0 Å². The largest absolute Gasteiger partial charge is 0.394 e. The normalized spacial score (nSPS) is 23.1. The summed E-state index contributed by atoms with van der Waals surface area (Å²) in [7, 11) is 0. The summed E-state index contributed by atoms with van der Waals surface area (Å²) in [4.78, 5) is 13.4. The van der Waals surface area contributed by atoms with Crippen LogP contribution in [0.1, 0.15) is 367 Å². The van der Waals surface area contributed by atoms with E-state index >= 15 is 0 Å². The van der Waals surface area contributed by atoms with Crippen molar-refractivity contribution < 1.29 is 64.6 Å². The summed E-state index contributed by atoms with van der Waals surface area (Å²) in [6, 6.07) is -0.824. The maximum absolute atomic E-state index is 13.4. The summed E-state index contributed by atoms with van der Waals surface area (Å²) < 4.78 is 22.9. The Labute approximate surface area is 534 Å². The highest BCUT2D eigenvalue weighted by molar-refractivity contribution is 5.76. The molecule has 2 aliphatic rings. The Morgan fingerprint density at radius 3 is 0.977 bits per heavy atom. The molecule has 2 aliphatic heterocycles. The van der Waals surface area contributed by atoms with Gasteiger partial charge < -0.3 is 65.1 Å². The van der Waals surface area contributed by atoms with Crippen LogP contribution in [0.4, 0.5) is 0 Å². The number of carbonyl (C=O) groups excluding carboxylic acids is 1. The standard InChI is InChI=1S/C73H143NO13/c1-3-5-7-9-11-13-15-17-19-21-23-25-26-27-28-29-30-31-32-33-34-35-36-37-39-41-43-45-47-49-51-53-55-57-65(78)74-61(62(77)56-54-52-50-48-46-44-42-40-38-24-22-20-18-16-14-12-10-8-6-4-2)60-84-72-70(83)68(81)71(64(59-76)86-72)87-73-69(82)67(80)66(79)63(58-75)85-73/h61-64,66-73,75-77,79-83H,3-60H2,1-2H3,(H,74,78). The van der Waals surface area contributed by atoms with Gasteiger partial charge in [-0.3, -0.25) is 4.79 Å². The van der Waals surface area contributed by atoms with E-state index in [1.165, 1.54) is 289 Å². The van der Waals surface area contributed by atoms with Crippen LogP contribution in [0, 0.1) is 0 Å². The SMILES string of the molecule is CCCCCCCCCCCCCCCCCCCCCCCCCCCCCCCCCCCC(=O)NC(COC1OC(CO)C(OC2OC(CO)C(O)C(O)C2O)C(O)C1O)C(O)CCCCCCCCCCCCCCCCCCCCCC. The Kier molecular flexibility index (Phi) is 55.5. The second kappa shape index (κ2) is 58.8. The van der Waals surface area contributed by atoms with Gasteiger partial charge in [0, 0.05) is 6.42 Å². The second-order valence-corrected chi connectivity index (χ2v) is 27.1. The Hall–Kier alpha value is -1.01. The van der Waals surface area contributed by atoms with Gasteiger partial charge in [-0.25, -0.2) is 0 Å². The number of unbranched alkanes of at least 4 members (excludes halogenated alkanes) is 51. The Balaban J connectivity index is 1.60. The number of aliphatic hydroxyl groups is 8. The fourth-order valence-electron chi connectivity index (χ4n) is 13.1. The number of aliphatic hydroxyl groups excluding tert-OH is 8. The number of nitrogens with one attached hydrogen (secondary N) is 1. The molecular formula is C73H143NO13. The zero-order chi connectivity index (χ0) is 63.1. The number of hydrogen-bond acceptors (Lipinski definition) is 13. The first-order valence-corrected chi connectivity index (χ1v) is 37.8. The lowest BCUT2D eigenvalue weighted by Gasteiger charge is -2.46. The van der Waals surface area contributed by atoms with E-state index < -0.39 is 86.8 Å². The van der Waals surface area contributed by atoms with Gasteiger partial charge in [-0.05, 0) is 12.8 Å². The molecule has 0 spiro atoms. The van der Waals surface area contributed by atoms with E-state index in [1.807, 2.05) is 0 Å². The van der Waals surface area contributed by atoms with Crippen LogP contribution in [0.3, 0.4) is 0 Å². The first-order chi connectivity index (χ1) is 42.6. The van der Waals surface area contributed by atoms with Crippen molar-refractivity contribution in [1.29, 1.82) is 0 Å². The monoisotopic (exact) mass is 1240 g/mol. The molecule has 0 aromatic carbocycles. The highest BCUT2D eigenvalue weighted by Crippen LogP contribution is 2.30. The maximum Gasteiger partial charge on any atom is 0.220 e. The minimum Gasteiger partial charge on any atom is -0.394 e. The average Bonchev–Trinajstić information content (AvgIpc) is 2.59. The minimum atomic E-state index is -1.78. The molecule has 87 heavy (non-hydrogen) atoms. The van der Waals surface area contributed by atoms with Crippen molar-refractivity contribution in [2.24, 2.45) is 0 Å². The third-order valence-electron chi connectivity index (χ3n) is 19.1. The molecule has 0 radical (unpaired) electrons. The lowest BCUT2D eigenvalue weighted by atomic mass is 9.97. The van der Waals surface area contributed by atoms with Crippen molar-refractivity contribution in [3.05, 3.63) is 0 Å². The number of hydrogen-bond donors (Lipinski definition) is 9. The zero-order valence-electron chi connectivity index (χ0n) is 56.6. The van der Waals surface area contributed by atoms with Gasteiger partial charge in [0.1, 0.15) is 48.8 Å². The number of amides is 1. The molecule has 14 heteroatoms. The quantitative estimate of drug-likeness (QED) is 0.0259. The molecule has 1 amide bonds. The third-order valence-corrected chi connectivity index (χ3v) is 19.1. The summed E-state index contributed by atoms with van der Waals surface area (Å²) in [6.07, 6.45) is 54.3. The fraction of sp³-hybridized carbons (Fsp3) is 0.986. The first-order valence-electron chi connectivity index (χ1n) is 37.8. The molecule has 0 aliphatic carbocycles. The maximum atomic E-state index is 13.4. The lowest BCUT2D eigenvalue weighted by Crippen LogP contribution is -2.65. The molecule has 2 heterocycles. The van der Waals surface area contributed by atoms with E-state index in [0.29, 0.717) is 12.8 Å². The molecule has 0 bridgehead atoms. The van der Waals surface area contributed by atoms with Crippen LogP contribution < -0.4 is 5.32 Å². The molecule has 2 rings (SSSR count). The van der Waals surface area contributed by atoms with E-state index in [0.717, 1.165) is 51.4 Å². The predicted molar refractivity (Wildman–Crippen MR) is 356 cm³/mol. The van der Waals surface area contributed by atoms with Crippen LogP contribution in [-0.2, 0) is 23.7 Å². The Bertz CT molecular complexity index is 1460. The van der Waals surface area contributed by atoms with E-state index in [2.05, 4.69) is 19.2 Å². The van der Waals surface area contributed by atoms with Gasteiger partial charge in [0.15, 0.2) is 12.6 Å². The van der Waals surface area contributed by atoms with Crippen LogP contribution in [0.15, 0.2) is 0 Å². The van der Waals surface area contributed by atoms with Crippen molar-refractivity contribution in [3.8, 4) is 0 Å². The molecule has 2 fully saturated rings. The summed E-state index contributed by atoms with van der Waals surface area (Å²) >= 11 is 0. The van der Waals surface area contributed by atoms with Crippen molar-refractivity contribution in [2.75, 3.05) is 19.8 Å². The number of ether oxygens (including phenoxy) is 4. The lowest BCUT2D eigenvalue weighted by molar-refractivity contribution is -0.359. The van der Waals surface area contributed by atoms with Crippen molar-refractivity contribution in [3.63, 3.8) is 0 Å². The van der Waals surface area contributed by atoms with Crippen molar-refractivity contribution >= 4 is 5.91 Å². The van der Waals surface area contributed by atoms with E-state index in [9.17, 15) is 45.6 Å². The molecule has 0 aromatic rings. The topological polar surface area (TPSA) is 228 Å². The second-order valence-electron chi connectivity index (χ2n) is 27.1. The number of rotatable bonds is 64. The number of carbonyl (C=O) groups is 1. The Morgan fingerprint density at radius 1 is 0.368 bits per heavy atom. The van der Waals surface area contributed by atoms with Crippen molar-refractivity contribution in [1.82, 2.24) is 5.32 Å². The predicted octanol–water partition coefficient (Wildman–Crippen LogP) is 16.0. The first kappa shape index (κ1) is 82.1. The highest BCUT2D eigenvalue weighted by Gasteiger charge is 2.51. The van der Waals surface area contributed by atoms with Gasteiger partial charge in [-0.1, -0.05) is 348 Å². The average molecular weight is 1240 g/mol. The van der Waals surface area contributed by atoms with Gasteiger partial charge in [-0.15, -0.1) is 0 Å². The molecule has 0 aromatic heterocycles. The van der Waals surface area contributed by atoms with E-state index in [4.69, 9.17) is 18.9 Å². The molecule has 12 atom stereocenters. The third kappa shape index (κ3) is 42.8. The summed E-state index contributed by atoms with van der Waals surface area (Å²) in [5.74, 6) is -0.196. The molecule has 14 nitrogen and oxygen atoms in total. The minimum absolute atomic E-state index is 0.196. The summed E-state index contributed by atoms with van der Waals surface area (Å²) in [5, 5.41) is 87.7. The highest BCUT2D eigenvalue weighted by atomic mass is 16.7. The van der Waals surface area contributed by atoms with Gasteiger partial charge in [0.2, 0.25) is 5.91 Å². The molecular weight excluding hydrogens is 1100 g/mol. The van der Waals surface area contributed by atoms with Gasteiger partial charge in [-0.2, -0.15) is 0 Å². The Morgan fingerprint density at radius 2 is 0.655 bits per heavy atom. The van der Waals surface area contributed by atoms with E-state index in [-0.39, 0.29) is 12.5 Å². The zero-order valence-corrected chi connectivity index (χ0v) is 56.6. The van der Waals surface area contributed by atoms with Gasteiger partial charge in [0.25, 0.3) is 0 Å². The molecule has 9 N–H and O–H groups in total. The van der Waals surface area contributed by atoms with Crippen LogP contribution in [0.25, 0.3) is 0 Å². The molecule has 518 valence electrons. The van der Waals surface area contributed by atoms with Gasteiger partial charge >= 0.3 is 0 Å². The van der Waals surface area contributed by atoms with Gasteiger partial charge in [0.05, 0.1) is 32.0 Å². The molecule has 0 saturated carbocycles. The fourth-order valence-corrected chi connectivity index (χ4v) is 13.1. The van der Waals surface area contributed by atoms with Crippen LogP contribution in [0.5, 0.6) is 0 Å².